The van der Waals surface area contributed by atoms with E-state index >= 15 is 0 Å². The van der Waals surface area contributed by atoms with Gasteiger partial charge in [0.2, 0.25) is 15.9 Å². The van der Waals surface area contributed by atoms with Crippen LogP contribution in [0, 0.1) is 0 Å². The SMILES string of the molecule is CNS(=O)(=O)c1ccc(/C=C/C(=O)NCCCOC)cc1. The van der Waals surface area contributed by atoms with Gasteiger partial charge < -0.3 is 10.1 Å². The van der Waals surface area contributed by atoms with Crippen molar-refractivity contribution < 1.29 is 17.9 Å². The fraction of sp³-hybridized carbons (Fsp3) is 0.357. The number of carbonyl (C=O) groups excluding carboxylic acids is 1. The van der Waals surface area contributed by atoms with Crippen molar-refractivity contribution in [3.05, 3.63) is 35.9 Å². The van der Waals surface area contributed by atoms with Gasteiger partial charge in [-0.3, -0.25) is 4.79 Å². The second-order valence-electron chi connectivity index (χ2n) is 4.25. The van der Waals surface area contributed by atoms with Crippen LogP contribution in [0.5, 0.6) is 0 Å². The van der Waals surface area contributed by atoms with Gasteiger partial charge >= 0.3 is 0 Å². The zero-order valence-corrected chi connectivity index (χ0v) is 12.9. The molecule has 0 spiro atoms. The second kappa shape index (κ2) is 8.56. The molecule has 0 aromatic heterocycles. The van der Waals surface area contributed by atoms with Crippen LogP contribution in [0.3, 0.4) is 0 Å². The van der Waals surface area contributed by atoms with Gasteiger partial charge in [0.1, 0.15) is 0 Å². The van der Waals surface area contributed by atoms with E-state index in [-0.39, 0.29) is 10.8 Å². The van der Waals surface area contributed by atoms with Crippen LogP contribution in [0.25, 0.3) is 6.08 Å². The Morgan fingerprint density at radius 2 is 1.95 bits per heavy atom. The number of hydrogen-bond donors (Lipinski definition) is 2. The average molecular weight is 312 g/mol. The van der Waals surface area contributed by atoms with Crippen LogP contribution in [0.15, 0.2) is 35.2 Å². The lowest BCUT2D eigenvalue weighted by Gasteiger charge is -2.03. The first-order valence-electron chi connectivity index (χ1n) is 6.48. The number of benzene rings is 1. The lowest BCUT2D eigenvalue weighted by Crippen LogP contribution is -2.22. The molecule has 116 valence electrons. The van der Waals surface area contributed by atoms with Crippen molar-refractivity contribution in [2.45, 2.75) is 11.3 Å². The van der Waals surface area contributed by atoms with Crippen molar-refractivity contribution in [2.75, 3.05) is 27.3 Å². The van der Waals surface area contributed by atoms with Crippen molar-refractivity contribution in [3.8, 4) is 0 Å². The average Bonchev–Trinajstić information content (AvgIpc) is 2.50. The number of carbonyl (C=O) groups is 1. The highest BCUT2D eigenvalue weighted by Gasteiger charge is 2.09. The van der Waals surface area contributed by atoms with Crippen LogP contribution < -0.4 is 10.0 Å². The molecule has 2 N–H and O–H groups in total. The molecule has 1 aromatic rings. The number of hydrogen-bond acceptors (Lipinski definition) is 4. The molecule has 0 saturated heterocycles. The zero-order valence-electron chi connectivity index (χ0n) is 12.1. The van der Waals surface area contributed by atoms with Crippen LogP contribution >= 0.6 is 0 Å². The van der Waals surface area contributed by atoms with Gasteiger partial charge in [-0.2, -0.15) is 0 Å². The van der Waals surface area contributed by atoms with Crippen LogP contribution in [0.2, 0.25) is 0 Å². The Bertz CT molecular complexity index is 579. The summed E-state index contributed by atoms with van der Waals surface area (Å²) in [4.78, 5) is 11.7. The van der Waals surface area contributed by atoms with Crippen molar-refractivity contribution in [3.63, 3.8) is 0 Å². The van der Waals surface area contributed by atoms with E-state index in [2.05, 4.69) is 10.0 Å². The van der Waals surface area contributed by atoms with E-state index in [1.165, 1.54) is 25.3 Å². The molecule has 0 unspecified atom stereocenters. The molecule has 7 heteroatoms. The topological polar surface area (TPSA) is 84.5 Å². The minimum atomic E-state index is -3.43. The number of nitrogens with one attached hydrogen (secondary N) is 2. The summed E-state index contributed by atoms with van der Waals surface area (Å²) in [5.74, 6) is -0.196. The van der Waals surface area contributed by atoms with Crippen LogP contribution in [0.1, 0.15) is 12.0 Å². The predicted octanol–water partition coefficient (Wildman–Crippen LogP) is 0.761. The first kappa shape index (κ1) is 17.4. The van der Waals surface area contributed by atoms with Gasteiger partial charge in [-0.15, -0.1) is 0 Å². The normalized spacial score (nSPS) is 11.7. The molecule has 0 radical (unpaired) electrons. The van der Waals surface area contributed by atoms with Gasteiger partial charge in [0, 0.05) is 26.3 Å². The Kier molecular flexibility index (Phi) is 7.07. The van der Waals surface area contributed by atoms with Gasteiger partial charge in [-0.1, -0.05) is 12.1 Å². The predicted molar refractivity (Wildman–Crippen MR) is 81.2 cm³/mol. The summed E-state index contributed by atoms with van der Waals surface area (Å²) >= 11 is 0. The quantitative estimate of drug-likeness (QED) is 0.548. The summed E-state index contributed by atoms with van der Waals surface area (Å²) in [6.45, 7) is 1.15. The molecule has 1 amide bonds. The standard InChI is InChI=1S/C14H20N2O4S/c1-15-21(18,19)13-7-4-12(5-8-13)6-9-14(17)16-10-3-11-20-2/h4-9,15H,3,10-11H2,1-2H3,(H,16,17)/b9-6+. The number of ether oxygens (including phenoxy) is 1. The highest BCUT2D eigenvalue weighted by atomic mass is 32.2. The highest BCUT2D eigenvalue weighted by Crippen LogP contribution is 2.11. The van der Waals surface area contributed by atoms with E-state index in [1.54, 1.807) is 25.3 Å². The maximum Gasteiger partial charge on any atom is 0.244 e. The highest BCUT2D eigenvalue weighted by molar-refractivity contribution is 7.89. The molecular formula is C14H20N2O4S. The summed E-state index contributed by atoms with van der Waals surface area (Å²) < 4.78 is 30.2. The summed E-state index contributed by atoms with van der Waals surface area (Å²) in [5.41, 5.74) is 0.747. The molecule has 1 aromatic carbocycles. The molecule has 0 saturated carbocycles. The fourth-order valence-electron chi connectivity index (χ4n) is 1.53. The summed E-state index contributed by atoms with van der Waals surface area (Å²) in [7, 11) is -0.460. The molecule has 0 aliphatic rings. The minimum Gasteiger partial charge on any atom is -0.385 e. The van der Waals surface area contributed by atoms with Crippen molar-refractivity contribution in [2.24, 2.45) is 0 Å². The number of amides is 1. The Labute approximate surface area is 125 Å². The third-order valence-corrected chi connectivity index (χ3v) is 4.14. The molecule has 0 bridgehead atoms. The molecule has 0 atom stereocenters. The largest absolute Gasteiger partial charge is 0.385 e. The Hall–Kier alpha value is -1.70. The maximum absolute atomic E-state index is 11.5. The summed E-state index contributed by atoms with van der Waals surface area (Å²) in [6, 6.07) is 6.25. The lowest BCUT2D eigenvalue weighted by molar-refractivity contribution is -0.116. The number of methoxy groups -OCH3 is 1. The van der Waals surface area contributed by atoms with Gasteiger partial charge in [-0.05, 0) is 37.2 Å². The van der Waals surface area contributed by atoms with Crippen molar-refractivity contribution >= 4 is 22.0 Å². The van der Waals surface area contributed by atoms with Crippen molar-refractivity contribution in [1.82, 2.24) is 10.0 Å². The van der Waals surface area contributed by atoms with E-state index in [9.17, 15) is 13.2 Å². The van der Waals surface area contributed by atoms with Crippen LogP contribution in [-0.4, -0.2) is 41.6 Å². The second-order valence-corrected chi connectivity index (χ2v) is 6.13. The first-order valence-corrected chi connectivity index (χ1v) is 7.96. The minimum absolute atomic E-state index is 0.186. The molecule has 0 heterocycles. The maximum atomic E-state index is 11.5. The van der Waals surface area contributed by atoms with Gasteiger partial charge in [0.15, 0.2) is 0 Å². The van der Waals surface area contributed by atoms with Gasteiger partial charge in [-0.25, -0.2) is 13.1 Å². The third kappa shape index (κ3) is 6.07. The Morgan fingerprint density at radius 1 is 1.29 bits per heavy atom. The summed E-state index contributed by atoms with van der Waals surface area (Å²) in [6.07, 6.45) is 3.79. The lowest BCUT2D eigenvalue weighted by atomic mass is 10.2. The Balaban J connectivity index is 2.55. The zero-order chi connectivity index (χ0) is 15.7. The number of rotatable bonds is 8. The van der Waals surface area contributed by atoms with Crippen LogP contribution in [-0.2, 0) is 19.6 Å². The first-order chi connectivity index (χ1) is 9.99. The molecule has 1 rings (SSSR count). The molecule has 0 aliphatic heterocycles. The molecule has 0 fully saturated rings. The van der Waals surface area contributed by atoms with Crippen LogP contribution in [0.4, 0.5) is 0 Å². The van der Waals surface area contributed by atoms with E-state index in [0.29, 0.717) is 13.2 Å². The molecule has 0 aliphatic carbocycles. The van der Waals surface area contributed by atoms with E-state index in [4.69, 9.17) is 4.74 Å². The molecule has 21 heavy (non-hydrogen) atoms. The Morgan fingerprint density at radius 3 is 2.52 bits per heavy atom. The smallest absolute Gasteiger partial charge is 0.244 e. The molecular weight excluding hydrogens is 292 g/mol. The summed E-state index contributed by atoms with van der Waals surface area (Å²) in [5, 5.41) is 2.72. The van der Waals surface area contributed by atoms with E-state index in [0.717, 1.165) is 12.0 Å². The van der Waals surface area contributed by atoms with Gasteiger partial charge in [0.05, 0.1) is 4.90 Å². The number of sulfonamides is 1. The van der Waals surface area contributed by atoms with Gasteiger partial charge in [0.25, 0.3) is 0 Å². The monoisotopic (exact) mass is 312 g/mol. The fourth-order valence-corrected chi connectivity index (χ4v) is 2.26. The van der Waals surface area contributed by atoms with E-state index in [1.807, 2.05) is 0 Å². The van der Waals surface area contributed by atoms with E-state index < -0.39 is 10.0 Å². The third-order valence-electron chi connectivity index (χ3n) is 2.71. The molecule has 6 nitrogen and oxygen atoms in total. The van der Waals surface area contributed by atoms with Crippen molar-refractivity contribution in [1.29, 1.82) is 0 Å².